The van der Waals surface area contributed by atoms with Crippen molar-refractivity contribution in [1.82, 2.24) is 4.90 Å². The lowest BCUT2D eigenvalue weighted by Crippen LogP contribution is -2.26. The number of amides is 1. The van der Waals surface area contributed by atoms with E-state index in [1.807, 2.05) is 4.90 Å². The summed E-state index contributed by atoms with van der Waals surface area (Å²) in [6, 6.07) is 6.01. The molecule has 1 rings (SSSR count). The highest BCUT2D eigenvalue weighted by molar-refractivity contribution is 5.90. The molecule has 0 heterocycles. The van der Waals surface area contributed by atoms with Gasteiger partial charge in [0, 0.05) is 19.5 Å². The number of nitrogens with zero attached hydrogens (tertiary/aromatic N) is 1. The molecule has 1 aromatic carbocycles. The molecule has 0 spiro atoms. The quantitative estimate of drug-likeness (QED) is 0.773. The fraction of sp³-hybridized carbons (Fsp3) is 0.429. The molecule has 0 saturated heterocycles. The first-order valence-corrected chi connectivity index (χ1v) is 6.32. The summed E-state index contributed by atoms with van der Waals surface area (Å²) in [4.78, 5) is 24.5. The summed E-state index contributed by atoms with van der Waals surface area (Å²) in [7, 11) is 3.14. The van der Waals surface area contributed by atoms with Crippen molar-refractivity contribution in [3.8, 4) is 0 Å². The summed E-state index contributed by atoms with van der Waals surface area (Å²) < 4.78 is 17.9. The van der Waals surface area contributed by atoms with Crippen molar-refractivity contribution < 1.29 is 18.7 Å². The van der Waals surface area contributed by atoms with Crippen LogP contribution < -0.4 is 5.32 Å². The number of carbonyl (C=O) groups excluding carboxylic acids is 2. The van der Waals surface area contributed by atoms with Crippen molar-refractivity contribution in [2.24, 2.45) is 0 Å². The van der Waals surface area contributed by atoms with Crippen LogP contribution in [0.25, 0.3) is 0 Å². The van der Waals surface area contributed by atoms with Crippen LogP contribution >= 0.6 is 0 Å². The van der Waals surface area contributed by atoms with Gasteiger partial charge in [-0.2, -0.15) is 0 Å². The van der Waals surface area contributed by atoms with Gasteiger partial charge in [-0.3, -0.25) is 9.59 Å². The Kier molecular flexibility index (Phi) is 6.66. The van der Waals surface area contributed by atoms with Gasteiger partial charge in [0.1, 0.15) is 5.82 Å². The number of hydrogen-bond acceptors (Lipinski definition) is 4. The predicted molar refractivity (Wildman–Crippen MR) is 73.8 cm³/mol. The molecule has 1 amide bonds. The summed E-state index contributed by atoms with van der Waals surface area (Å²) in [6.45, 7) is 0.997. The average Bonchev–Trinajstić information content (AvgIpc) is 2.45. The third kappa shape index (κ3) is 5.79. The van der Waals surface area contributed by atoms with Gasteiger partial charge in [-0.05, 0) is 19.2 Å². The molecule has 0 fully saturated rings. The summed E-state index contributed by atoms with van der Waals surface area (Å²) in [5, 5.41) is 2.51. The number of anilines is 1. The molecule has 1 aromatic rings. The Morgan fingerprint density at radius 2 is 1.90 bits per heavy atom. The van der Waals surface area contributed by atoms with Gasteiger partial charge >= 0.3 is 5.97 Å². The lowest BCUT2D eigenvalue weighted by Gasteiger charge is -2.15. The molecule has 0 aliphatic carbocycles. The van der Waals surface area contributed by atoms with E-state index in [0.717, 1.165) is 0 Å². The Hall–Kier alpha value is -1.95. The molecule has 1 N–H and O–H groups in total. The first-order valence-electron chi connectivity index (χ1n) is 6.32. The van der Waals surface area contributed by atoms with Gasteiger partial charge in [0.05, 0.1) is 19.2 Å². The van der Waals surface area contributed by atoms with Crippen LogP contribution in [0.2, 0.25) is 0 Å². The fourth-order valence-electron chi connectivity index (χ4n) is 1.56. The molecule has 0 radical (unpaired) electrons. The van der Waals surface area contributed by atoms with Gasteiger partial charge in [-0.15, -0.1) is 0 Å². The molecule has 0 aromatic heterocycles. The van der Waals surface area contributed by atoms with E-state index in [4.69, 9.17) is 0 Å². The van der Waals surface area contributed by atoms with E-state index in [9.17, 15) is 14.0 Å². The molecule has 0 aliphatic heterocycles. The lowest BCUT2D eigenvalue weighted by molar-refractivity contribution is -0.140. The van der Waals surface area contributed by atoms with Gasteiger partial charge < -0.3 is 15.0 Å². The standard InChI is InChI=1S/C14H19FN2O3/c1-17(10-8-14(19)20-2)9-7-13(18)16-12-6-4-3-5-11(12)15/h3-6H,7-10H2,1-2H3,(H,16,18). The molecule has 0 atom stereocenters. The molecule has 110 valence electrons. The largest absolute Gasteiger partial charge is 0.469 e. The number of rotatable bonds is 7. The van der Waals surface area contributed by atoms with E-state index < -0.39 is 5.82 Å². The van der Waals surface area contributed by atoms with Crippen LogP contribution in [-0.2, 0) is 14.3 Å². The summed E-state index contributed by atoms with van der Waals surface area (Å²) >= 11 is 0. The van der Waals surface area contributed by atoms with E-state index in [1.165, 1.54) is 19.2 Å². The van der Waals surface area contributed by atoms with Crippen molar-refractivity contribution in [2.45, 2.75) is 12.8 Å². The first-order chi connectivity index (χ1) is 9.52. The highest BCUT2D eigenvalue weighted by Gasteiger charge is 2.09. The predicted octanol–water partition coefficient (Wildman–Crippen LogP) is 1.65. The Balaban J connectivity index is 2.29. The monoisotopic (exact) mass is 282 g/mol. The fourth-order valence-corrected chi connectivity index (χ4v) is 1.56. The zero-order chi connectivity index (χ0) is 15.0. The lowest BCUT2D eigenvalue weighted by atomic mass is 10.3. The minimum atomic E-state index is -0.458. The topological polar surface area (TPSA) is 58.6 Å². The Bertz CT molecular complexity index is 465. The number of hydrogen-bond donors (Lipinski definition) is 1. The zero-order valence-corrected chi connectivity index (χ0v) is 11.7. The van der Waals surface area contributed by atoms with Crippen molar-refractivity contribution in [3.05, 3.63) is 30.1 Å². The van der Waals surface area contributed by atoms with Crippen LogP contribution in [0.1, 0.15) is 12.8 Å². The smallest absolute Gasteiger partial charge is 0.306 e. The van der Waals surface area contributed by atoms with E-state index in [2.05, 4.69) is 10.1 Å². The van der Waals surface area contributed by atoms with Crippen LogP contribution in [0.15, 0.2) is 24.3 Å². The van der Waals surface area contributed by atoms with Crippen LogP contribution in [0.4, 0.5) is 10.1 Å². The average molecular weight is 282 g/mol. The SMILES string of the molecule is COC(=O)CCN(C)CCC(=O)Nc1ccccc1F. The third-order valence-electron chi connectivity index (χ3n) is 2.79. The van der Waals surface area contributed by atoms with Crippen molar-refractivity contribution >= 4 is 17.6 Å². The van der Waals surface area contributed by atoms with Crippen molar-refractivity contribution in [3.63, 3.8) is 0 Å². The zero-order valence-electron chi connectivity index (χ0n) is 11.7. The molecule has 0 unspecified atom stereocenters. The highest BCUT2D eigenvalue weighted by atomic mass is 19.1. The number of benzene rings is 1. The van der Waals surface area contributed by atoms with Crippen molar-refractivity contribution in [1.29, 1.82) is 0 Å². The van der Waals surface area contributed by atoms with E-state index >= 15 is 0 Å². The second-order valence-electron chi connectivity index (χ2n) is 4.41. The molecular weight excluding hydrogens is 263 g/mol. The minimum absolute atomic E-state index is 0.176. The summed E-state index contributed by atoms with van der Waals surface area (Å²) in [5.41, 5.74) is 0.176. The molecule has 0 aliphatic rings. The minimum Gasteiger partial charge on any atom is -0.469 e. The second-order valence-corrected chi connectivity index (χ2v) is 4.41. The number of ether oxygens (including phenoxy) is 1. The Morgan fingerprint density at radius 1 is 1.25 bits per heavy atom. The third-order valence-corrected chi connectivity index (χ3v) is 2.79. The van der Waals surface area contributed by atoms with Crippen LogP contribution in [0.5, 0.6) is 0 Å². The maximum atomic E-state index is 13.3. The second kappa shape index (κ2) is 8.27. The van der Waals surface area contributed by atoms with Gasteiger partial charge in [-0.25, -0.2) is 4.39 Å². The number of para-hydroxylation sites is 1. The van der Waals surface area contributed by atoms with E-state index in [1.54, 1.807) is 19.2 Å². The molecule has 6 heteroatoms. The van der Waals surface area contributed by atoms with Gasteiger partial charge in [0.25, 0.3) is 0 Å². The van der Waals surface area contributed by atoms with E-state index in [-0.39, 0.29) is 30.4 Å². The number of halogens is 1. The normalized spacial score (nSPS) is 10.4. The maximum absolute atomic E-state index is 13.3. The molecule has 5 nitrogen and oxygen atoms in total. The van der Waals surface area contributed by atoms with E-state index in [0.29, 0.717) is 13.1 Å². The van der Waals surface area contributed by atoms with Crippen molar-refractivity contribution in [2.75, 3.05) is 32.6 Å². The number of nitrogens with one attached hydrogen (secondary N) is 1. The molecule has 0 saturated carbocycles. The Labute approximate surface area is 117 Å². The highest BCUT2D eigenvalue weighted by Crippen LogP contribution is 2.12. The van der Waals surface area contributed by atoms with Gasteiger partial charge in [0.2, 0.25) is 5.91 Å². The van der Waals surface area contributed by atoms with Gasteiger partial charge in [-0.1, -0.05) is 12.1 Å². The molecular formula is C14H19FN2O3. The molecule has 0 bridgehead atoms. The molecule has 20 heavy (non-hydrogen) atoms. The Morgan fingerprint density at radius 3 is 2.55 bits per heavy atom. The summed E-state index contributed by atoms with van der Waals surface area (Å²) in [6.07, 6.45) is 0.508. The van der Waals surface area contributed by atoms with Crippen LogP contribution in [0.3, 0.4) is 0 Å². The summed E-state index contributed by atoms with van der Waals surface area (Å²) in [5.74, 6) is -1.01. The van der Waals surface area contributed by atoms with Gasteiger partial charge in [0.15, 0.2) is 0 Å². The van der Waals surface area contributed by atoms with Crippen LogP contribution in [-0.4, -0.2) is 44.0 Å². The number of methoxy groups -OCH3 is 1. The number of esters is 1. The first kappa shape index (κ1) is 16.1. The van der Waals surface area contributed by atoms with Crippen LogP contribution in [0, 0.1) is 5.82 Å². The maximum Gasteiger partial charge on any atom is 0.306 e. The number of carbonyl (C=O) groups is 2.